The first kappa shape index (κ1) is 14.1. The van der Waals surface area contributed by atoms with Crippen LogP contribution in [-0.4, -0.2) is 29.6 Å². The molecule has 1 unspecified atom stereocenters. The predicted octanol–water partition coefficient (Wildman–Crippen LogP) is 1.74. The fourth-order valence-electron chi connectivity index (χ4n) is 2.27. The molecule has 0 aliphatic carbocycles. The Hall–Kier alpha value is -2.83. The normalized spacial score (nSPS) is 16.9. The van der Waals surface area contributed by atoms with Gasteiger partial charge in [0.15, 0.2) is 11.9 Å². The van der Waals surface area contributed by atoms with E-state index in [0.717, 1.165) is 0 Å². The summed E-state index contributed by atoms with van der Waals surface area (Å²) >= 11 is 0. The maximum atomic E-state index is 12.3. The third kappa shape index (κ3) is 2.65. The summed E-state index contributed by atoms with van der Waals surface area (Å²) in [6.45, 7) is 3.27. The second-order valence-electron chi connectivity index (χ2n) is 5.02. The van der Waals surface area contributed by atoms with E-state index in [9.17, 15) is 9.59 Å². The van der Waals surface area contributed by atoms with Crippen LogP contribution in [0.15, 0.2) is 34.9 Å². The minimum Gasteiger partial charge on any atom is -0.479 e. The molecule has 2 aromatic rings. The Kier molecular flexibility index (Phi) is 3.54. The number of carbonyl (C=O) groups excluding carboxylic acids is 2. The number of rotatable bonds is 3. The van der Waals surface area contributed by atoms with E-state index in [1.165, 1.54) is 4.90 Å². The summed E-state index contributed by atoms with van der Waals surface area (Å²) in [5.74, 6) is 0.886. The number of aryl methyl sites for hydroxylation is 1. The molecule has 22 heavy (non-hydrogen) atoms. The van der Waals surface area contributed by atoms with Crippen molar-refractivity contribution in [1.82, 2.24) is 5.16 Å². The Morgan fingerprint density at radius 1 is 1.41 bits per heavy atom. The number of carbonyl (C=O) groups is 2. The summed E-state index contributed by atoms with van der Waals surface area (Å²) < 4.78 is 10.4. The Bertz CT molecular complexity index is 725. The van der Waals surface area contributed by atoms with Gasteiger partial charge in [0.1, 0.15) is 18.1 Å². The molecule has 1 aromatic carbocycles. The molecule has 1 N–H and O–H groups in total. The molecule has 0 saturated heterocycles. The smallest absolute Gasteiger partial charge is 0.268 e. The lowest BCUT2D eigenvalue weighted by Gasteiger charge is -2.32. The van der Waals surface area contributed by atoms with Crippen LogP contribution in [0.1, 0.15) is 12.7 Å². The third-order valence-corrected chi connectivity index (χ3v) is 3.27. The molecule has 1 aliphatic heterocycles. The minimum absolute atomic E-state index is 0.116. The first-order chi connectivity index (χ1) is 10.5. The molecular formula is C15H15N3O4. The van der Waals surface area contributed by atoms with Crippen LogP contribution in [-0.2, 0) is 9.59 Å². The van der Waals surface area contributed by atoms with E-state index in [0.29, 0.717) is 23.0 Å². The molecule has 0 radical (unpaired) electrons. The van der Waals surface area contributed by atoms with Crippen LogP contribution in [0, 0.1) is 6.92 Å². The second-order valence-corrected chi connectivity index (χ2v) is 5.02. The Morgan fingerprint density at radius 2 is 2.18 bits per heavy atom. The largest absolute Gasteiger partial charge is 0.479 e. The molecule has 0 saturated carbocycles. The number of anilines is 2. The average Bonchev–Trinajstić information content (AvgIpc) is 2.89. The first-order valence-electron chi connectivity index (χ1n) is 6.85. The average molecular weight is 301 g/mol. The number of benzene rings is 1. The van der Waals surface area contributed by atoms with E-state index >= 15 is 0 Å². The van der Waals surface area contributed by atoms with Crippen LogP contribution < -0.4 is 15.0 Å². The molecule has 114 valence electrons. The topological polar surface area (TPSA) is 84.7 Å². The van der Waals surface area contributed by atoms with Crippen molar-refractivity contribution in [2.45, 2.75) is 20.0 Å². The van der Waals surface area contributed by atoms with E-state index in [4.69, 9.17) is 9.26 Å². The van der Waals surface area contributed by atoms with Gasteiger partial charge in [-0.05, 0) is 26.0 Å². The number of para-hydroxylation sites is 2. The summed E-state index contributed by atoms with van der Waals surface area (Å²) in [5.41, 5.74) is 0.581. The fourth-order valence-corrected chi connectivity index (χ4v) is 2.27. The zero-order valence-electron chi connectivity index (χ0n) is 12.2. The van der Waals surface area contributed by atoms with Crippen molar-refractivity contribution < 1.29 is 18.8 Å². The number of nitrogens with one attached hydrogen (secondary N) is 1. The maximum Gasteiger partial charge on any atom is 0.268 e. The monoisotopic (exact) mass is 301 g/mol. The number of nitrogens with zero attached hydrogens (tertiary/aromatic N) is 2. The third-order valence-electron chi connectivity index (χ3n) is 3.27. The van der Waals surface area contributed by atoms with Gasteiger partial charge < -0.3 is 14.6 Å². The number of ether oxygens (including phenoxy) is 1. The number of hydrogen-bond acceptors (Lipinski definition) is 5. The summed E-state index contributed by atoms with van der Waals surface area (Å²) in [5, 5.41) is 6.29. The Labute approximate surface area is 126 Å². The lowest BCUT2D eigenvalue weighted by Crippen LogP contribution is -2.47. The first-order valence-corrected chi connectivity index (χ1v) is 6.85. The molecule has 1 atom stereocenters. The van der Waals surface area contributed by atoms with Crippen molar-refractivity contribution in [2.24, 2.45) is 0 Å². The molecule has 1 aromatic heterocycles. The summed E-state index contributed by atoms with van der Waals surface area (Å²) in [4.78, 5) is 25.8. The highest BCUT2D eigenvalue weighted by Crippen LogP contribution is 2.33. The van der Waals surface area contributed by atoms with Crippen LogP contribution in [0.5, 0.6) is 5.75 Å². The van der Waals surface area contributed by atoms with Gasteiger partial charge >= 0.3 is 0 Å². The highest BCUT2D eigenvalue weighted by atomic mass is 16.5. The molecule has 1 aliphatic rings. The lowest BCUT2D eigenvalue weighted by molar-refractivity contribution is -0.127. The summed E-state index contributed by atoms with van der Waals surface area (Å²) in [6.07, 6.45) is -0.628. The van der Waals surface area contributed by atoms with Gasteiger partial charge in [0.2, 0.25) is 5.91 Å². The van der Waals surface area contributed by atoms with Gasteiger partial charge in [-0.3, -0.25) is 14.5 Å². The zero-order chi connectivity index (χ0) is 15.7. The van der Waals surface area contributed by atoms with Crippen LogP contribution in [0.4, 0.5) is 11.5 Å². The molecule has 0 fully saturated rings. The highest BCUT2D eigenvalue weighted by molar-refractivity contribution is 6.05. The van der Waals surface area contributed by atoms with Gasteiger partial charge in [-0.2, -0.15) is 0 Å². The molecule has 2 amide bonds. The standard InChI is InChI=1S/C15H15N3O4/c1-9-7-13(17-22-9)16-14(19)8-18-11-5-3-4-6-12(11)21-10(2)15(18)20/h3-7,10H,8H2,1-2H3,(H,16,17,19). The number of aromatic nitrogens is 1. The van der Waals surface area contributed by atoms with Gasteiger partial charge in [-0.25, -0.2) is 0 Å². The molecule has 7 nitrogen and oxygen atoms in total. The van der Waals surface area contributed by atoms with Gasteiger partial charge in [0, 0.05) is 6.07 Å². The van der Waals surface area contributed by atoms with E-state index in [-0.39, 0.29) is 18.4 Å². The maximum absolute atomic E-state index is 12.3. The van der Waals surface area contributed by atoms with Crippen molar-refractivity contribution in [3.8, 4) is 5.75 Å². The molecule has 0 spiro atoms. The lowest BCUT2D eigenvalue weighted by atomic mass is 10.2. The van der Waals surface area contributed by atoms with Crippen LogP contribution in [0.2, 0.25) is 0 Å². The molecule has 2 heterocycles. The predicted molar refractivity (Wildman–Crippen MR) is 78.8 cm³/mol. The van der Waals surface area contributed by atoms with Gasteiger partial charge in [-0.1, -0.05) is 17.3 Å². The van der Waals surface area contributed by atoms with Crippen molar-refractivity contribution in [1.29, 1.82) is 0 Å². The van der Waals surface area contributed by atoms with Crippen LogP contribution in [0.3, 0.4) is 0 Å². The Balaban J connectivity index is 1.78. The highest BCUT2D eigenvalue weighted by Gasteiger charge is 2.32. The quantitative estimate of drug-likeness (QED) is 0.933. The van der Waals surface area contributed by atoms with Crippen LogP contribution in [0.25, 0.3) is 0 Å². The summed E-state index contributed by atoms with van der Waals surface area (Å²) in [6, 6.07) is 8.72. The van der Waals surface area contributed by atoms with Gasteiger partial charge in [0.05, 0.1) is 5.69 Å². The zero-order valence-corrected chi connectivity index (χ0v) is 12.2. The number of hydrogen-bond donors (Lipinski definition) is 1. The molecule has 0 bridgehead atoms. The van der Waals surface area contributed by atoms with Crippen molar-refractivity contribution in [3.05, 3.63) is 36.1 Å². The van der Waals surface area contributed by atoms with E-state index in [2.05, 4.69) is 10.5 Å². The van der Waals surface area contributed by atoms with Crippen molar-refractivity contribution in [3.63, 3.8) is 0 Å². The van der Waals surface area contributed by atoms with E-state index in [1.807, 2.05) is 6.07 Å². The van der Waals surface area contributed by atoms with E-state index < -0.39 is 6.10 Å². The molecule has 3 rings (SSSR count). The molecule has 7 heteroatoms. The number of fused-ring (bicyclic) bond motifs is 1. The Morgan fingerprint density at radius 3 is 2.91 bits per heavy atom. The number of amides is 2. The van der Waals surface area contributed by atoms with Crippen molar-refractivity contribution in [2.75, 3.05) is 16.8 Å². The van der Waals surface area contributed by atoms with Crippen molar-refractivity contribution >= 4 is 23.3 Å². The van der Waals surface area contributed by atoms with Gasteiger partial charge in [0.25, 0.3) is 5.91 Å². The SMILES string of the molecule is Cc1cc(NC(=O)CN2C(=O)C(C)Oc3ccccc32)no1. The fraction of sp³-hybridized carbons (Fsp3) is 0.267. The minimum atomic E-state index is -0.628. The van der Waals surface area contributed by atoms with Crippen LogP contribution >= 0.6 is 0 Å². The molecular weight excluding hydrogens is 286 g/mol. The van der Waals surface area contributed by atoms with E-state index in [1.54, 1.807) is 38.1 Å². The second kappa shape index (κ2) is 5.51. The van der Waals surface area contributed by atoms with Gasteiger partial charge in [-0.15, -0.1) is 0 Å². The summed E-state index contributed by atoms with van der Waals surface area (Å²) in [7, 11) is 0.